The second-order valence-electron chi connectivity index (χ2n) is 1.96. The fourth-order valence-corrected chi connectivity index (χ4v) is 0.565. The Bertz CT molecular complexity index is 51.6. The van der Waals surface area contributed by atoms with Gasteiger partial charge in [0.05, 0.1) is 19.8 Å². The molecule has 3 nitrogen and oxygen atoms in total. The van der Waals surface area contributed by atoms with Crippen molar-refractivity contribution in [2.45, 2.75) is 6.92 Å². The predicted octanol–water partition coefficient (Wildman–Crippen LogP) is 0.259. The van der Waals surface area contributed by atoms with Crippen LogP contribution in [0.3, 0.4) is 0 Å². The molecule has 0 amide bonds. The highest BCUT2D eigenvalue weighted by Crippen LogP contribution is 1.73. The van der Waals surface area contributed by atoms with E-state index in [9.17, 15) is 0 Å². The Kier molecular flexibility index (Phi) is 8.77. The van der Waals surface area contributed by atoms with Gasteiger partial charge in [-0.15, -0.1) is 0 Å². The zero-order valence-electron chi connectivity index (χ0n) is 6.85. The molecule has 0 saturated heterocycles. The van der Waals surface area contributed by atoms with Gasteiger partial charge >= 0.3 is 0 Å². The fourth-order valence-electron chi connectivity index (χ4n) is 0.565. The highest BCUT2D eigenvalue weighted by molar-refractivity contribution is 4.39. The third kappa shape index (κ3) is 7.88. The third-order valence-corrected chi connectivity index (χ3v) is 1.10. The predicted molar refractivity (Wildman–Crippen MR) is 41.2 cm³/mol. The minimum Gasteiger partial charge on any atom is -0.382 e. The minimum atomic E-state index is 0.687. The number of hydrogen-bond acceptors (Lipinski definition) is 3. The normalized spacial score (nSPS) is 10.2. The molecule has 62 valence electrons. The third-order valence-electron chi connectivity index (χ3n) is 1.10. The van der Waals surface area contributed by atoms with Crippen molar-refractivity contribution >= 4 is 0 Å². The van der Waals surface area contributed by atoms with E-state index in [2.05, 4.69) is 12.2 Å². The minimum absolute atomic E-state index is 0.687. The second kappa shape index (κ2) is 8.88. The second-order valence-corrected chi connectivity index (χ2v) is 1.96. The Labute approximate surface area is 62.7 Å². The summed E-state index contributed by atoms with van der Waals surface area (Å²) in [4.78, 5) is 0. The summed E-state index contributed by atoms with van der Waals surface area (Å²) >= 11 is 0. The largest absolute Gasteiger partial charge is 0.382 e. The van der Waals surface area contributed by atoms with Gasteiger partial charge in [-0.25, -0.2) is 0 Å². The van der Waals surface area contributed by atoms with E-state index in [1.165, 1.54) is 0 Å². The molecule has 0 unspecified atom stereocenters. The summed E-state index contributed by atoms with van der Waals surface area (Å²) in [6.45, 7) is 6.17. The molecule has 0 spiro atoms. The van der Waals surface area contributed by atoms with Crippen LogP contribution in [0.1, 0.15) is 6.92 Å². The van der Waals surface area contributed by atoms with Gasteiger partial charge in [-0.05, 0) is 6.54 Å². The van der Waals surface area contributed by atoms with Gasteiger partial charge in [0.15, 0.2) is 0 Å². The van der Waals surface area contributed by atoms with Gasteiger partial charge in [-0.3, -0.25) is 0 Å². The Morgan fingerprint density at radius 2 is 2.00 bits per heavy atom. The first-order valence-electron chi connectivity index (χ1n) is 3.69. The van der Waals surface area contributed by atoms with Crippen LogP contribution in [0.25, 0.3) is 0 Å². The molecule has 10 heavy (non-hydrogen) atoms. The Hall–Kier alpha value is -0.120. The van der Waals surface area contributed by atoms with Crippen LogP contribution in [0.5, 0.6) is 0 Å². The highest BCUT2D eigenvalue weighted by atomic mass is 16.5. The first kappa shape index (κ1) is 9.88. The molecular weight excluding hydrogens is 130 g/mol. The maximum atomic E-state index is 5.19. The summed E-state index contributed by atoms with van der Waals surface area (Å²) in [6.07, 6.45) is 0. The van der Waals surface area contributed by atoms with Crippen molar-refractivity contribution in [2.24, 2.45) is 0 Å². The Balaban J connectivity index is 2.65. The van der Waals surface area contributed by atoms with Crippen LogP contribution in [-0.4, -0.2) is 40.0 Å². The first-order chi connectivity index (χ1) is 4.91. The number of likely N-dealkylation sites (N-methyl/N-ethyl adjacent to an activating group) is 1. The van der Waals surface area contributed by atoms with E-state index >= 15 is 0 Å². The summed E-state index contributed by atoms with van der Waals surface area (Å²) in [5.74, 6) is 0. The topological polar surface area (TPSA) is 30.5 Å². The van der Waals surface area contributed by atoms with E-state index in [-0.39, 0.29) is 0 Å². The van der Waals surface area contributed by atoms with E-state index in [1.807, 2.05) is 0 Å². The van der Waals surface area contributed by atoms with Crippen LogP contribution in [0.2, 0.25) is 0 Å². The van der Waals surface area contributed by atoms with E-state index in [0.29, 0.717) is 13.2 Å². The lowest BCUT2D eigenvalue weighted by molar-refractivity contribution is 0.0722. The van der Waals surface area contributed by atoms with E-state index in [4.69, 9.17) is 9.47 Å². The number of hydrogen-bond donors (Lipinski definition) is 1. The van der Waals surface area contributed by atoms with Crippen LogP contribution in [0.4, 0.5) is 0 Å². The molecule has 0 aromatic heterocycles. The average molecular weight is 147 g/mol. The van der Waals surface area contributed by atoms with E-state index in [1.54, 1.807) is 7.11 Å². The van der Waals surface area contributed by atoms with Crippen molar-refractivity contribution in [3.63, 3.8) is 0 Å². The van der Waals surface area contributed by atoms with Crippen molar-refractivity contribution in [3.05, 3.63) is 0 Å². The van der Waals surface area contributed by atoms with Crippen LogP contribution >= 0.6 is 0 Å². The standard InChI is InChI=1S/C7H17NO2/c1-3-8-4-5-10-7-6-9-2/h8H,3-7H2,1-2H3. The van der Waals surface area contributed by atoms with Gasteiger partial charge in [-0.2, -0.15) is 0 Å². The van der Waals surface area contributed by atoms with Crippen LogP contribution < -0.4 is 5.32 Å². The molecule has 0 aliphatic heterocycles. The van der Waals surface area contributed by atoms with Gasteiger partial charge < -0.3 is 14.8 Å². The molecule has 0 aromatic carbocycles. The van der Waals surface area contributed by atoms with E-state index < -0.39 is 0 Å². The number of rotatable bonds is 7. The lowest BCUT2D eigenvalue weighted by atomic mass is 10.6. The zero-order chi connectivity index (χ0) is 7.66. The fraction of sp³-hybridized carbons (Fsp3) is 1.00. The highest BCUT2D eigenvalue weighted by Gasteiger charge is 1.85. The van der Waals surface area contributed by atoms with Crippen molar-refractivity contribution < 1.29 is 9.47 Å². The van der Waals surface area contributed by atoms with Crippen molar-refractivity contribution in [3.8, 4) is 0 Å². The SMILES string of the molecule is CCNCCOCCOC. The molecule has 0 aromatic rings. The molecular formula is C7H17NO2. The average Bonchev–Trinajstić information content (AvgIpc) is 1.97. The summed E-state index contributed by atoms with van der Waals surface area (Å²) in [7, 11) is 1.67. The maximum absolute atomic E-state index is 5.19. The molecule has 0 atom stereocenters. The molecule has 0 heterocycles. The number of methoxy groups -OCH3 is 1. The molecule has 0 aliphatic carbocycles. The molecule has 1 N–H and O–H groups in total. The van der Waals surface area contributed by atoms with Gasteiger partial charge in [0.25, 0.3) is 0 Å². The number of ether oxygens (including phenoxy) is 2. The van der Waals surface area contributed by atoms with Crippen molar-refractivity contribution in [1.82, 2.24) is 5.32 Å². The van der Waals surface area contributed by atoms with Crippen molar-refractivity contribution in [1.29, 1.82) is 0 Å². The molecule has 0 saturated carbocycles. The zero-order valence-corrected chi connectivity index (χ0v) is 6.85. The summed E-state index contributed by atoms with van der Waals surface area (Å²) in [6, 6.07) is 0. The molecule has 0 radical (unpaired) electrons. The Morgan fingerprint density at radius 3 is 2.60 bits per heavy atom. The monoisotopic (exact) mass is 147 g/mol. The van der Waals surface area contributed by atoms with Gasteiger partial charge in [0.2, 0.25) is 0 Å². The summed E-state index contributed by atoms with van der Waals surface area (Å²) in [5.41, 5.74) is 0. The summed E-state index contributed by atoms with van der Waals surface area (Å²) in [5, 5.41) is 3.16. The van der Waals surface area contributed by atoms with Gasteiger partial charge in [0, 0.05) is 13.7 Å². The lowest BCUT2D eigenvalue weighted by Gasteiger charge is -2.02. The first-order valence-corrected chi connectivity index (χ1v) is 3.69. The molecule has 0 rings (SSSR count). The quantitative estimate of drug-likeness (QED) is 0.524. The van der Waals surface area contributed by atoms with E-state index in [0.717, 1.165) is 19.7 Å². The Morgan fingerprint density at radius 1 is 1.20 bits per heavy atom. The maximum Gasteiger partial charge on any atom is 0.0700 e. The van der Waals surface area contributed by atoms with Gasteiger partial charge in [-0.1, -0.05) is 6.92 Å². The van der Waals surface area contributed by atoms with Crippen LogP contribution in [-0.2, 0) is 9.47 Å². The van der Waals surface area contributed by atoms with Crippen LogP contribution in [0.15, 0.2) is 0 Å². The summed E-state index contributed by atoms with van der Waals surface area (Å²) < 4.78 is 9.99. The van der Waals surface area contributed by atoms with Gasteiger partial charge in [0.1, 0.15) is 0 Å². The van der Waals surface area contributed by atoms with Crippen LogP contribution in [0, 0.1) is 0 Å². The molecule has 0 bridgehead atoms. The smallest absolute Gasteiger partial charge is 0.0700 e. The number of nitrogens with one attached hydrogen (secondary N) is 1. The lowest BCUT2D eigenvalue weighted by Crippen LogP contribution is -2.19. The molecule has 3 heteroatoms. The molecule has 0 fully saturated rings. The molecule has 0 aliphatic rings. The van der Waals surface area contributed by atoms with Crippen molar-refractivity contribution in [2.75, 3.05) is 40.0 Å².